The molecule has 1 atom stereocenters. The Morgan fingerprint density at radius 2 is 2.38 bits per heavy atom. The van der Waals surface area contributed by atoms with Crippen LogP contribution in [0.5, 0.6) is 0 Å². The minimum absolute atomic E-state index is 0.283. The third-order valence-corrected chi connectivity index (χ3v) is 3.11. The van der Waals surface area contributed by atoms with Gasteiger partial charge in [-0.1, -0.05) is 6.07 Å². The van der Waals surface area contributed by atoms with Crippen LogP contribution in [0, 0.1) is 5.92 Å². The monoisotopic (exact) mass is 220 g/mol. The van der Waals surface area contributed by atoms with Gasteiger partial charge in [0.25, 0.3) is 0 Å². The molecule has 1 aliphatic rings. The van der Waals surface area contributed by atoms with Gasteiger partial charge < -0.3 is 5.11 Å². The van der Waals surface area contributed by atoms with Crippen molar-refractivity contribution < 1.29 is 9.90 Å². The van der Waals surface area contributed by atoms with Crippen molar-refractivity contribution in [3.63, 3.8) is 0 Å². The summed E-state index contributed by atoms with van der Waals surface area (Å²) in [4.78, 5) is 17.1. The average Bonchev–Trinajstić information content (AvgIpc) is 2.23. The molecule has 1 N–H and O–H groups in total. The Bertz CT molecular complexity index is 361. The number of aliphatic carboxylic acids is 1. The summed E-state index contributed by atoms with van der Waals surface area (Å²) in [6.45, 7) is 3.84. The molecule has 86 valence electrons. The molecule has 0 aromatic carbocycles. The highest BCUT2D eigenvalue weighted by molar-refractivity contribution is 5.67. The predicted molar refractivity (Wildman–Crippen MR) is 60.0 cm³/mol. The molecular weight excluding hydrogens is 204 g/mol. The van der Waals surface area contributed by atoms with Crippen LogP contribution in [0.4, 0.5) is 0 Å². The number of carbonyl (C=O) groups is 1. The zero-order valence-corrected chi connectivity index (χ0v) is 9.34. The summed E-state index contributed by atoms with van der Waals surface area (Å²) in [5.41, 5.74) is 1.05. The van der Waals surface area contributed by atoms with Crippen LogP contribution in [0.15, 0.2) is 24.4 Å². The second-order valence-corrected chi connectivity index (χ2v) is 4.35. The molecule has 1 aromatic rings. The number of nitrogens with zero attached hydrogens (tertiary/aromatic N) is 2. The zero-order chi connectivity index (χ0) is 11.5. The summed E-state index contributed by atoms with van der Waals surface area (Å²) in [6.07, 6.45) is 2.08. The maximum atomic E-state index is 10.5. The fraction of sp³-hybridized carbons (Fsp3) is 0.500. The summed E-state index contributed by atoms with van der Waals surface area (Å²) < 4.78 is 0. The first kappa shape index (κ1) is 11.1. The van der Waals surface area contributed by atoms with Gasteiger partial charge in [-0.2, -0.15) is 0 Å². The number of carboxylic acids is 1. The van der Waals surface area contributed by atoms with E-state index < -0.39 is 5.97 Å². The minimum Gasteiger partial charge on any atom is -0.481 e. The van der Waals surface area contributed by atoms with Crippen LogP contribution >= 0.6 is 0 Å². The van der Waals surface area contributed by atoms with Crippen LogP contribution < -0.4 is 0 Å². The van der Waals surface area contributed by atoms with Crippen LogP contribution in [0.2, 0.25) is 0 Å². The molecule has 4 nitrogen and oxygen atoms in total. The Hall–Kier alpha value is -1.42. The van der Waals surface area contributed by atoms with E-state index in [9.17, 15) is 4.79 Å². The van der Waals surface area contributed by atoms with E-state index in [-0.39, 0.29) is 12.5 Å². The lowest BCUT2D eigenvalue weighted by Gasteiger charge is -2.42. The van der Waals surface area contributed by atoms with E-state index in [4.69, 9.17) is 5.11 Å². The van der Waals surface area contributed by atoms with Crippen molar-refractivity contribution in [2.75, 3.05) is 13.1 Å². The average molecular weight is 220 g/mol. The molecule has 2 heterocycles. The van der Waals surface area contributed by atoms with E-state index in [2.05, 4.69) is 16.8 Å². The normalized spacial score (nSPS) is 19.1. The molecule has 0 radical (unpaired) electrons. The largest absolute Gasteiger partial charge is 0.481 e. The molecule has 0 bridgehead atoms. The van der Waals surface area contributed by atoms with Crippen LogP contribution in [0.3, 0.4) is 0 Å². The van der Waals surface area contributed by atoms with Crippen molar-refractivity contribution in [1.82, 2.24) is 9.88 Å². The molecule has 1 fully saturated rings. The molecule has 0 spiro atoms. The summed E-state index contributed by atoms with van der Waals surface area (Å²) in [7, 11) is 0. The van der Waals surface area contributed by atoms with Gasteiger partial charge in [0.15, 0.2) is 0 Å². The van der Waals surface area contributed by atoms with Gasteiger partial charge in [-0.25, -0.2) is 0 Å². The summed E-state index contributed by atoms with van der Waals surface area (Å²) in [6, 6.07) is 6.17. The van der Waals surface area contributed by atoms with Crippen molar-refractivity contribution in [3.05, 3.63) is 30.1 Å². The molecule has 1 unspecified atom stereocenters. The lowest BCUT2D eigenvalue weighted by molar-refractivity contribution is -0.139. The Balaban J connectivity index is 1.86. The number of aromatic nitrogens is 1. The highest BCUT2D eigenvalue weighted by Crippen LogP contribution is 2.28. The van der Waals surface area contributed by atoms with E-state index in [1.807, 2.05) is 18.2 Å². The molecule has 2 rings (SSSR count). The van der Waals surface area contributed by atoms with Gasteiger partial charge >= 0.3 is 5.97 Å². The van der Waals surface area contributed by atoms with Gasteiger partial charge in [-0.05, 0) is 25.0 Å². The van der Waals surface area contributed by atoms with Crippen LogP contribution in [0.25, 0.3) is 0 Å². The SMILES string of the molecule is CC(c1ccccn1)N1CC(CC(=O)O)C1. The first-order chi connectivity index (χ1) is 7.66. The zero-order valence-electron chi connectivity index (χ0n) is 9.34. The van der Waals surface area contributed by atoms with Gasteiger partial charge in [0, 0.05) is 25.3 Å². The number of hydrogen-bond acceptors (Lipinski definition) is 3. The molecular formula is C12H16N2O2. The first-order valence-corrected chi connectivity index (χ1v) is 5.53. The molecule has 0 aliphatic carbocycles. The minimum atomic E-state index is -0.699. The standard InChI is InChI=1S/C12H16N2O2/c1-9(11-4-2-3-5-13-11)14-7-10(8-14)6-12(15)16/h2-5,9-10H,6-8H2,1H3,(H,15,16). The quantitative estimate of drug-likeness (QED) is 0.836. The van der Waals surface area contributed by atoms with Crippen molar-refractivity contribution in [3.8, 4) is 0 Å². The fourth-order valence-electron chi connectivity index (χ4n) is 2.11. The van der Waals surface area contributed by atoms with E-state index in [0.29, 0.717) is 5.92 Å². The van der Waals surface area contributed by atoms with Gasteiger partial charge in [0.1, 0.15) is 0 Å². The Morgan fingerprint density at radius 1 is 1.62 bits per heavy atom. The van der Waals surface area contributed by atoms with Gasteiger partial charge in [0.05, 0.1) is 12.1 Å². The molecule has 1 saturated heterocycles. The highest BCUT2D eigenvalue weighted by Gasteiger charge is 2.32. The smallest absolute Gasteiger partial charge is 0.303 e. The lowest BCUT2D eigenvalue weighted by atomic mass is 9.94. The summed E-state index contributed by atoms with van der Waals surface area (Å²) >= 11 is 0. The summed E-state index contributed by atoms with van der Waals surface area (Å²) in [5.74, 6) is -0.390. The lowest BCUT2D eigenvalue weighted by Crippen LogP contribution is -2.48. The van der Waals surface area contributed by atoms with Gasteiger partial charge in [-0.15, -0.1) is 0 Å². The van der Waals surface area contributed by atoms with Gasteiger partial charge in [-0.3, -0.25) is 14.7 Å². The van der Waals surface area contributed by atoms with E-state index in [1.165, 1.54) is 0 Å². The molecule has 4 heteroatoms. The van der Waals surface area contributed by atoms with Crippen molar-refractivity contribution in [2.24, 2.45) is 5.92 Å². The maximum absolute atomic E-state index is 10.5. The number of pyridine rings is 1. The van der Waals surface area contributed by atoms with Crippen LogP contribution in [-0.4, -0.2) is 34.0 Å². The topological polar surface area (TPSA) is 53.4 Å². The Kier molecular flexibility index (Phi) is 3.19. The van der Waals surface area contributed by atoms with E-state index >= 15 is 0 Å². The van der Waals surface area contributed by atoms with Crippen molar-refractivity contribution >= 4 is 5.97 Å². The molecule has 16 heavy (non-hydrogen) atoms. The highest BCUT2D eigenvalue weighted by atomic mass is 16.4. The number of rotatable bonds is 4. The predicted octanol–water partition coefficient (Wildman–Crippen LogP) is 1.55. The molecule has 0 saturated carbocycles. The molecule has 1 aliphatic heterocycles. The van der Waals surface area contributed by atoms with Crippen LogP contribution in [0.1, 0.15) is 25.1 Å². The number of likely N-dealkylation sites (tertiary alicyclic amines) is 1. The molecule has 0 amide bonds. The maximum Gasteiger partial charge on any atom is 0.303 e. The van der Waals surface area contributed by atoms with Crippen molar-refractivity contribution in [2.45, 2.75) is 19.4 Å². The Morgan fingerprint density at radius 3 is 2.94 bits per heavy atom. The second-order valence-electron chi connectivity index (χ2n) is 4.35. The van der Waals surface area contributed by atoms with Crippen LogP contribution in [-0.2, 0) is 4.79 Å². The fourth-order valence-corrected chi connectivity index (χ4v) is 2.11. The molecule has 1 aromatic heterocycles. The van der Waals surface area contributed by atoms with E-state index in [0.717, 1.165) is 18.8 Å². The van der Waals surface area contributed by atoms with Gasteiger partial charge in [0.2, 0.25) is 0 Å². The van der Waals surface area contributed by atoms with E-state index in [1.54, 1.807) is 6.20 Å². The number of carboxylic acid groups (broad SMARTS) is 1. The number of hydrogen-bond donors (Lipinski definition) is 1. The third kappa shape index (κ3) is 2.39. The summed E-state index contributed by atoms with van der Waals surface area (Å²) in [5, 5.41) is 8.66. The van der Waals surface area contributed by atoms with Crippen molar-refractivity contribution in [1.29, 1.82) is 0 Å². The Labute approximate surface area is 94.9 Å². The second kappa shape index (κ2) is 4.61. The first-order valence-electron chi connectivity index (χ1n) is 5.53. The third-order valence-electron chi connectivity index (χ3n) is 3.11.